The summed E-state index contributed by atoms with van der Waals surface area (Å²) >= 11 is 11.7. The number of halogens is 4. The highest BCUT2D eigenvalue weighted by Crippen LogP contribution is 2.40. The van der Waals surface area contributed by atoms with E-state index in [2.05, 4.69) is 15.5 Å². The molecule has 0 unspecified atom stereocenters. The molecule has 0 radical (unpaired) electrons. The van der Waals surface area contributed by atoms with Gasteiger partial charge in [-0.3, -0.25) is 19.0 Å². The van der Waals surface area contributed by atoms with Crippen molar-refractivity contribution in [3.63, 3.8) is 0 Å². The van der Waals surface area contributed by atoms with Gasteiger partial charge >= 0.3 is 5.97 Å². The lowest BCUT2D eigenvalue weighted by molar-refractivity contribution is 0.0684. The van der Waals surface area contributed by atoms with Crippen molar-refractivity contribution in [1.82, 2.24) is 24.9 Å². The summed E-state index contributed by atoms with van der Waals surface area (Å²) in [5.74, 6) is -1.27. The van der Waals surface area contributed by atoms with Crippen molar-refractivity contribution in [3.8, 4) is 11.5 Å². The van der Waals surface area contributed by atoms with Crippen molar-refractivity contribution < 1.29 is 37.7 Å². The van der Waals surface area contributed by atoms with E-state index < -0.39 is 17.6 Å². The van der Waals surface area contributed by atoms with E-state index in [-0.39, 0.29) is 45.3 Å². The zero-order chi connectivity index (χ0) is 35.8. The molecule has 11 nitrogen and oxygen atoms in total. The number of nitrogens with one attached hydrogen (secondary N) is 1. The third-order valence-corrected chi connectivity index (χ3v) is 8.05. The van der Waals surface area contributed by atoms with E-state index >= 15 is 0 Å². The molecule has 2 aliphatic rings. The molecule has 0 spiro atoms. The second kappa shape index (κ2) is 16.8. The number of aromatic nitrogens is 4. The smallest absolute Gasteiger partial charge is 0.354 e. The van der Waals surface area contributed by atoms with Crippen LogP contribution >= 0.6 is 23.2 Å². The first-order valence-electron chi connectivity index (χ1n) is 15.6. The predicted octanol–water partition coefficient (Wildman–Crippen LogP) is 7.10. The minimum absolute atomic E-state index is 0.00485. The number of carbonyl (C=O) groups is 3. The van der Waals surface area contributed by atoms with Crippen LogP contribution in [0.5, 0.6) is 11.5 Å². The number of amides is 1. The summed E-state index contributed by atoms with van der Waals surface area (Å²) in [5.41, 5.74) is 3.42. The zero-order valence-electron chi connectivity index (χ0n) is 27.4. The molecule has 6 rings (SSSR count). The van der Waals surface area contributed by atoms with Gasteiger partial charge in [0.15, 0.2) is 23.1 Å². The second-order valence-corrected chi connectivity index (χ2v) is 12.2. The van der Waals surface area contributed by atoms with Crippen LogP contribution in [0.1, 0.15) is 99.7 Å². The Hall–Kier alpha value is -4.49. The minimum atomic E-state index is -0.906. The van der Waals surface area contributed by atoms with Crippen LogP contribution in [0.15, 0.2) is 36.4 Å². The number of carboxylic acid groups (broad SMARTS) is 1. The fraction of sp³-hybridized carbons (Fsp3) is 0.382. The molecule has 15 heteroatoms. The Labute approximate surface area is 292 Å². The molecule has 0 aliphatic heterocycles. The summed E-state index contributed by atoms with van der Waals surface area (Å²) in [5, 5.41) is 20.3. The molecule has 2 saturated carbocycles. The molecule has 2 fully saturated rings. The monoisotopic (exact) mass is 719 g/mol. The van der Waals surface area contributed by atoms with Gasteiger partial charge in [-0.15, -0.1) is 0 Å². The maximum Gasteiger partial charge on any atom is 0.354 e. The van der Waals surface area contributed by atoms with Crippen molar-refractivity contribution in [2.24, 2.45) is 14.1 Å². The van der Waals surface area contributed by atoms with E-state index in [0.717, 1.165) is 43.1 Å². The summed E-state index contributed by atoms with van der Waals surface area (Å²) in [6.45, 7) is 4.32. The Bertz CT molecular complexity index is 1770. The van der Waals surface area contributed by atoms with Gasteiger partial charge in [0, 0.05) is 38.0 Å². The number of aryl methyl sites for hydroxylation is 2. The maximum absolute atomic E-state index is 14.0. The number of benzene rings is 2. The quantitative estimate of drug-likeness (QED) is 0.157. The summed E-state index contributed by atoms with van der Waals surface area (Å²) in [6.07, 6.45) is 5.08. The highest BCUT2D eigenvalue weighted by Gasteiger charge is 2.29. The van der Waals surface area contributed by atoms with Crippen molar-refractivity contribution in [2.75, 3.05) is 13.2 Å². The molecule has 2 aromatic heterocycles. The van der Waals surface area contributed by atoms with Gasteiger partial charge in [-0.25, -0.2) is 13.6 Å². The van der Waals surface area contributed by atoms with Crippen molar-refractivity contribution in [1.29, 1.82) is 0 Å². The van der Waals surface area contributed by atoms with Crippen LogP contribution in [0.4, 0.5) is 8.78 Å². The predicted molar refractivity (Wildman–Crippen MR) is 179 cm³/mol. The number of aromatic carboxylic acids is 1. The van der Waals surface area contributed by atoms with Gasteiger partial charge in [0.25, 0.3) is 5.91 Å². The Morgan fingerprint density at radius 3 is 1.78 bits per heavy atom. The molecule has 2 aromatic carbocycles. The van der Waals surface area contributed by atoms with Gasteiger partial charge in [-0.05, 0) is 81.5 Å². The standard InChI is InChI=1S/C17H19ClFN3O2.C9H8ClFO2.C8H10N2O2/c1-3-24-16-12(18)6-10(7-13(16)19)9-20-17(23)15-8-14(11-4-5-11)21-22(15)2;1-2-13-9-7(10)3-6(5-12)4-8(9)11;1-10-7(8(11)12)4-6(9-10)5-2-3-5/h6-8,11H,3-5,9H2,1-2H3,(H,20,23);3-5H,2H2,1H3;4-5H,2-3H2,1H3,(H,11,12). The number of hydrogen-bond acceptors (Lipinski definition) is 7. The van der Waals surface area contributed by atoms with Crippen LogP contribution in [-0.2, 0) is 20.6 Å². The fourth-order valence-electron chi connectivity index (χ4n) is 4.75. The number of nitrogens with zero attached hydrogens (tertiary/aromatic N) is 4. The minimum Gasteiger partial charge on any atom is -0.489 e. The number of hydrogen-bond donors (Lipinski definition) is 2. The van der Waals surface area contributed by atoms with Crippen LogP contribution < -0.4 is 14.8 Å². The summed E-state index contributed by atoms with van der Waals surface area (Å²) in [4.78, 5) is 33.2. The molecule has 0 bridgehead atoms. The first-order chi connectivity index (χ1) is 23.4. The van der Waals surface area contributed by atoms with Crippen molar-refractivity contribution in [2.45, 2.75) is 57.9 Å². The van der Waals surface area contributed by atoms with Gasteiger partial charge < -0.3 is 19.9 Å². The third-order valence-electron chi connectivity index (χ3n) is 7.49. The molecular weight excluding hydrogens is 683 g/mol. The summed E-state index contributed by atoms with van der Waals surface area (Å²) in [6, 6.07) is 8.84. The van der Waals surface area contributed by atoms with E-state index in [1.165, 1.54) is 16.8 Å². The van der Waals surface area contributed by atoms with E-state index in [1.54, 1.807) is 44.8 Å². The van der Waals surface area contributed by atoms with Crippen LogP contribution in [0.25, 0.3) is 0 Å². The molecule has 1 amide bonds. The SMILES string of the molecule is CCOc1c(F)cc(C=O)cc1Cl.CCOc1c(F)cc(CNC(=O)c2cc(C3CC3)nn2C)cc1Cl.Cn1nc(C2CC2)cc1C(=O)O. The van der Waals surface area contributed by atoms with E-state index in [1.807, 2.05) is 6.07 Å². The highest BCUT2D eigenvalue weighted by molar-refractivity contribution is 6.32. The average molecular weight is 721 g/mol. The number of ether oxygens (including phenoxy) is 2. The average Bonchev–Trinajstić information content (AvgIpc) is 4.00. The molecule has 2 aliphatic carbocycles. The van der Waals surface area contributed by atoms with Crippen LogP contribution in [0.2, 0.25) is 10.0 Å². The van der Waals surface area contributed by atoms with Crippen molar-refractivity contribution in [3.05, 3.63) is 92.0 Å². The largest absolute Gasteiger partial charge is 0.489 e. The second-order valence-electron chi connectivity index (χ2n) is 11.4. The normalized spacial score (nSPS) is 13.4. The van der Waals surface area contributed by atoms with E-state index in [0.29, 0.717) is 42.6 Å². The maximum atomic E-state index is 14.0. The van der Waals surface area contributed by atoms with Crippen LogP contribution in [0, 0.1) is 11.6 Å². The molecule has 0 atom stereocenters. The number of carboxylic acids is 1. The Morgan fingerprint density at radius 1 is 0.857 bits per heavy atom. The Morgan fingerprint density at radius 2 is 1.35 bits per heavy atom. The van der Waals surface area contributed by atoms with Crippen LogP contribution in [-0.4, -0.2) is 56.0 Å². The number of aldehydes is 1. The molecular formula is C34H37Cl2F2N5O6. The Kier molecular flexibility index (Phi) is 12.8. The number of carbonyl (C=O) groups excluding carboxylic acids is 2. The molecule has 0 saturated heterocycles. The number of rotatable bonds is 11. The van der Waals surface area contributed by atoms with E-state index in [4.69, 9.17) is 37.8 Å². The van der Waals surface area contributed by atoms with Crippen LogP contribution in [0.3, 0.4) is 0 Å². The first-order valence-corrected chi connectivity index (χ1v) is 16.4. The molecule has 2 N–H and O–H groups in total. The first kappa shape index (κ1) is 37.3. The zero-order valence-corrected chi connectivity index (χ0v) is 28.9. The molecule has 262 valence electrons. The summed E-state index contributed by atoms with van der Waals surface area (Å²) in [7, 11) is 3.41. The molecule has 4 aromatic rings. The topological polar surface area (TPSA) is 138 Å². The van der Waals surface area contributed by atoms with Gasteiger partial charge in [0.05, 0.1) is 34.6 Å². The third kappa shape index (κ3) is 10.0. The van der Waals surface area contributed by atoms with E-state index in [9.17, 15) is 23.2 Å². The van der Waals surface area contributed by atoms with Gasteiger partial charge in [0.2, 0.25) is 0 Å². The highest BCUT2D eigenvalue weighted by atomic mass is 35.5. The lowest BCUT2D eigenvalue weighted by Gasteiger charge is -2.10. The van der Waals surface area contributed by atoms with Gasteiger partial charge in [0.1, 0.15) is 17.7 Å². The fourth-order valence-corrected chi connectivity index (χ4v) is 5.30. The summed E-state index contributed by atoms with van der Waals surface area (Å²) < 4.78 is 40.2. The van der Waals surface area contributed by atoms with Gasteiger partial charge in [-0.2, -0.15) is 10.2 Å². The molecule has 2 heterocycles. The van der Waals surface area contributed by atoms with Crippen molar-refractivity contribution >= 4 is 41.4 Å². The lowest BCUT2D eigenvalue weighted by atomic mass is 10.2. The molecule has 49 heavy (non-hydrogen) atoms. The van der Waals surface area contributed by atoms with Gasteiger partial charge in [-0.1, -0.05) is 23.2 Å². The lowest BCUT2D eigenvalue weighted by Crippen LogP contribution is -2.25. The Balaban J connectivity index is 0.000000182.